The Hall–Kier alpha value is -2.63. The molecule has 1 unspecified atom stereocenters. The summed E-state index contributed by atoms with van der Waals surface area (Å²) in [6.07, 6.45) is 3.70. The molecule has 1 aromatic heterocycles. The third-order valence-corrected chi connectivity index (χ3v) is 4.41. The average molecular weight is 369 g/mol. The van der Waals surface area contributed by atoms with Crippen LogP contribution in [-0.2, 0) is 19.4 Å². The van der Waals surface area contributed by atoms with Crippen molar-refractivity contribution in [2.75, 3.05) is 13.1 Å². The maximum absolute atomic E-state index is 4.64. The molecule has 0 radical (unpaired) electrons. The predicted octanol–water partition coefficient (Wildman–Crippen LogP) is 3.28. The lowest BCUT2D eigenvalue weighted by atomic mass is 10.1. The number of aliphatic imine (C=N–C) groups is 1. The largest absolute Gasteiger partial charge is 0.355 e. The van der Waals surface area contributed by atoms with Gasteiger partial charge in [0.2, 0.25) is 0 Å². The standard InChI is InChI=1S/C21H32N6/c1-6-18-8-10-19(11-9-18)17(5)25-21(23-14-16(3)4)22-12-13-27-15-24-26-20(27)7-2/h8-11,15,17H,3,6-7,12-14H2,1-2,4-5H3,(H2,22,23,25). The molecule has 0 spiro atoms. The number of nitrogens with one attached hydrogen (secondary N) is 2. The third-order valence-electron chi connectivity index (χ3n) is 4.41. The number of aromatic nitrogens is 3. The van der Waals surface area contributed by atoms with Gasteiger partial charge in [-0.2, -0.15) is 0 Å². The van der Waals surface area contributed by atoms with Crippen LogP contribution in [0, 0.1) is 0 Å². The van der Waals surface area contributed by atoms with E-state index >= 15 is 0 Å². The minimum Gasteiger partial charge on any atom is -0.355 e. The second-order valence-corrected chi connectivity index (χ2v) is 6.80. The van der Waals surface area contributed by atoms with Gasteiger partial charge in [-0.05, 0) is 31.4 Å². The summed E-state index contributed by atoms with van der Waals surface area (Å²) in [5.41, 5.74) is 3.62. The van der Waals surface area contributed by atoms with Crippen LogP contribution in [-0.4, -0.2) is 33.8 Å². The van der Waals surface area contributed by atoms with Gasteiger partial charge in [0, 0.05) is 19.5 Å². The highest BCUT2D eigenvalue weighted by Gasteiger charge is 2.09. The summed E-state index contributed by atoms with van der Waals surface area (Å²) < 4.78 is 2.07. The van der Waals surface area contributed by atoms with E-state index in [9.17, 15) is 0 Å². The SMILES string of the molecule is C=C(C)CN=C(NCCn1cnnc1CC)NC(C)c1ccc(CC)cc1. The Morgan fingerprint density at radius 2 is 1.96 bits per heavy atom. The Morgan fingerprint density at radius 3 is 2.59 bits per heavy atom. The molecule has 1 aromatic carbocycles. The van der Waals surface area contributed by atoms with Crippen LogP contribution in [0.4, 0.5) is 0 Å². The summed E-state index contributed by atoms with van der Waals surface area (Å²) in [5.74, 6) is 1.78. The molecule has 2 rings (SSSR count). The van der Waals surface area contributed by atoms with Crippen molar-refractivity contribution < 1.29 is 0 Å². The summed E-state index contributed by atoms with van der Waals surface area (Å²) in [6.45, 7) is 14.5. The molecule has 0 aliphatic rings. The first kappa shape index (κ1) is 20.7. The Labute approximate surface area is 162 Å². The number of nitrogens with zero attached hydrogens (tertiary/aromatic N) is 4. The minimum atomic E-state index is 0.161. The van der Waals surface area contributed by atoms with Crippen molar-refractivity contribution >= 4 is 5.96 Å². The van der Waals surface area contributed by atoms with Gasteiger partial charge in [0.05, 0.1) is 12.6 Å². The molecule has 2 N–H and O–H groups in total. The number of aryl methyl sites for hydroxylation is 2. The summed E-state index contributed by atoms with van der Waals surface area (Å²) in [6, 6.07) is 8.89. The quantitative estimate of drug-likeness (QED) is 0.405. The first-order chi connectivity index (χ1) is 13.0. The third kappa shape index (κ3) is 6.55. The lowest BCUT2D eigenvalue weighted by Gasteiger charge is -2.19. The first-order valence-electron chi connectivity index (χ1n) is 9.68. The normalized spacial score (nSPS) is 12.7. The number of hydrogen-bond donors (Lipinski definition) is 2. The molecule has 6 nitrogen and oxygen atoms in total. The fraction of sp³-hybridized carbons (Fsp3) is 0.476. The van der Waals surface area contributed by atoms with Crippen molar-refractivity contribution in [1.82, 2.24) is 25.4 Å². The van der Waals surface area contributed by atoms with Crippen LogP contribution in [0.3, 0.4) is 0 Å². The fourth-order valence-corrected chi connectivity index (χ4v) is 2.73. The Kier molecular flexibility index (Phi) is 8.04. The van der Waals surface area contributed by atoms with Crippen LogP contribution in [0.15, 0.2) is 47.7 Å². The smallest absolute Gasteiger partial charge is 0.192 e. The number of guanidine groups is 1. The zero-order valence-corrected chi connectivity index (χ0v) is 17.0. The molecule has 0 fully saturated rings. The van der Waals surface area contributed by atoms with Gasteiger partial charge >= 0.3 is 0 Å². The molecule has 1 heterocycles. The van der Waals surface area contributed by atoms with Crippen molar-refractivity contribution in [2.24, 2.45) is 4.99 Å². The molecule has 0 amide bonds. The molecule has 2 aromatic rings. The van der Waals surface area contributed by atoms with Crippen molar-refractivity contribution in [3.05, 3.63) is 59.7 Å². The Morgan fingerprint density at radius 1 is 1.22 bits per heavy atom. The minimum absolute atomic E-state index is 0.161. The van der Waals surface area contributed by atoms with Crippen LogP contribution in [0.5, 0.6) is 0 Å². The van der Waals surface area contributed by atoms with E-state index in [1.807, 2.05) is 6.92 Å². The van der Waals surface area contributed by atoms with Crippen LogP contribution in [0.25, 0.3) is 0 Å². The van der Waals surface area contributed by atoms with Crippen molar-refractivity contribution in [3.8, 4) is 0 Å². The summed E-state index contributed by atoms with van der Waals surface area (Å²) in [7, 11) is 0. The average Bonchev–Trinajstić information content (AvgIpc) is 3.13. The van der Waals surface area contributed by atoms with Gasteiger partial charge in [-0.1, -0.05) is 50.3 Å². The van der Waals surface area contributed by atoms with Gasteiger partial charge in [0.15, 0.2) is 5.96 Å². The molecule has 0 saturated heterocycles. The molecule has 0 saturated carbocycles. The van der Waals surface area contributed by atoms with Gasteiger partial charge in [-0.25, -0.2) is 4.99 Å². The van der Waals surface area contributed by atoms with Gasteiger partial charge < -0.3 is 15.2 Å². The maximum atomic E-state index is 4.64. The van der Waals surface area contributed by atoms with Gasteiger partial charge in [-0.15, -0.1) is 10.2 Å². The zero-order valence-electron chi connectivity index (χ0n) is 17.0. The molecule has 0 aliphatic carbocycles. The molecule has 6 heteroatoms. The van der Waals surface area contributed by atoms with Crippen LogP contribution < -0.4 is 10.6 Å². The van der Waals surface area contributed by atoms with Crippen molar-refractivity contribution in [1.29, 1.82) is 0 Å². The Balaban J connectivity index is 1.98. The van der Waals surface area contributed by atoms with E-state index in [2.05, 4.69) is 82.0 Å². The monoisotopic (exact) mass is 368 g/mol. The van der Waals surface area contributed by atoms with Crippen LogP contribution in [0.2, 0.25) is 0 Å². The number of rotatable bonds is 9. The van der Waals surface area contributed by atoms with Gasteiger partial charge in [-0.3, -0.25) is 0 Å². The van der Waals surface area contributed by atoms with Crippen LogP contribution in [0.1, 0.15) is 50.7 Å². The van der Waals surface area contributed by atoms with Crippen molar-refractivity contribution in [3.63, 3.8) is 0 Å². The summed E-state index contributed by atoms with van der Waals surface area (Å²) in [4.78, 5) is 4.64. The molecule has 146 valence electrons. The van der Waals surface area contributed by atoms with Gasteiger partial charge in [0.1, 0.15) is 12.2 Å². The number of benzene rings is 1. The Bertz CT molecular complexity index is 744. The van der Waals surface area contributed by atoms with E-state index in [0.717, 1.165) is 43.3 Å². The van der Waals surface area contributed by atoms with Crippen molar-refractivity contribution in [2.45, 2.75) is 53.1 Å². The fourth-order valence-electron chi connectivity index (χ4n) is 2.73. The van der Waals surface area contributed by atoms with E-state index in [-0.39, 0.29) is 6.04 Å². The zero-order chi connectivity index (χ0) is 19.6. The second kappa shape index (κ2) is 10.5. The molecular formula is C21H32N6. The molecule has 0 bridgehead atoms. The highest BCUT2D eigenvalue weighted by molar-refractivity contribution is 5.80. The summed E-state index contributed by atoms with van der Waals surface area (Å²) >= 11 is 0. The second-order valence-electron chi connectivity index (χ2n) is 6.80. The highest BCUT2D eigenvalue weighted by atomic mass is 15.3. The molecule has 27 heavy (non-hydrogen) atoms. The molecule has 0 aliphatic heterocycles. The van der Waals surface area contributed by atoms with E-state index in [4.69, 9.17) is 0 Å². The summed E-state index contributed by atoms with van der Waals surface area (Å²) in [5, 5.41) is 15.0. The van der Waals surface area contributed by atoms with E-state index < -0.39 is 0 Å². The van der Waals surface area contributed by atoms with E-state index in [1.165, 1.54) is 11.1 Å². The lowest BCUT2D eigenvalue weighted by Crippen LogP contribution is -2.40. The van der Waals surface area contributed by atoms with E-state index in [0.29, 0.717) is 6.54 Å². The topological polar surface area (TPSA) is 67.1 Å². The first-order valence-corrected chi connectivity index (χ1v) is 9.68. The highest BCUT2D eigenvalue weighted by Crippen LogP contribution is 2.13. The predicted molar refractivity (Wildman–Crippen MR) is 112 cm³/mol. The van der Waals surface area contributed by atoms with Gasteiger partial charge in [0.25, 0.3) is 0 Å². The van der Waals surface area contributed by atoms with E-state index in [1.54, 1.807) is 6.33 Å². The molecular weight excluding hydrogens is 336 g/mol. The van der Waals surface area contributed by atoms with Crippen LogP contribution >= 0.6 is 0 Å². The molecule has 1 atom stereocenters. The lowest BCUT2D eigenvalue weighted by molar-refractivity contribution is 0.619. The number of hydrogen-bond acceptors (Lipinski definition) is 3. The maximum Gasteiger partial charge on any atom is 0.192 e.